The van der Waals surface area contributed by atoms with E-state index in [-0.39, 0.29) is 5.56 Å². The Morgan fingerprint density at radius 2 is 2.00 bits per heavy atom. The molecule has 2 aromatic rings. The summed E-state index contributed by atoms with van der Waals surface area (Å²) in [6.07, 6.45) is 0.515. The molecule has 16 heavy (non-hydrogen) atoms. The van der Waals surface area contributed by atoms with Crippen LogP contribution in [0.5, 0.6) is 0 Å². The Morgan fingerprint density at radius 1 is 1.31 bits per heavy atom. The van der Waals surface area contributed by atoms with Crippen LogP contribution in [-0.2, 0) is 6.42 Å². The third-order valence-electron chi connectivity index (χ3n) is 2.12. The highest BCUT2D eigenvalue weighted by atomic mass is 16.4. The Morgan fingerprint density at radius 3 is 2.50 bits per heavy atom. The molecule has 5 heteroatoms. The molecule has 0 aliphatic carbocycles. The van der Waals surface area contributed by atoms with Crippen molar-refractivity contribution in [2.75, 3.05) is 0 Å². The number of nitrogens with zero attached hydrogens (tertiary/aromatic N) is 2. The van der Waals surface area contributed by atoms with E-state index in [2.05, 4.69) is 10.2 Å². The summed E-state index contributed by atoms with van der Waals surface area (Å²) in [6.45, 7) is 1.73. The van der Waals surface area contributed by atoms with Crippen LogP contribution in [0.1, 0.15) is 27.7 Å². The van der Waals surface area contributed by atoms with E-state index >= 15 is 0 Å². The molecule has 0 saturated heterocycles. The average Bonchev–Trinajstić information content (AvgIpc) is 2.65. The maximum atomic E-state index is 10.6. The second-order valence-corrected chi connectivity index (χ2v) is 3.39. The molecule has 0 spiro atoms. The molecule has 0 atom stereocenters. The number of carboxylic acid groups (broad SMARTS) is 1. The number of hydrogen-bond acceptors (Lipinski definition) is 4. The van der Waals surface area contributed by atoms with Gasteiger partial charge in [0.1, 0.15) is 0 Å². The van der Waals surface area contributed by atoms with Crippen LogP contribution in [0.2, 0.25) is 0 Å². The molecule has 0 unspecified atom stereocenters. The fraction of sp³-hybridized carbons (Fsp3) is 0.182. The van der Waals surface area contributed by atoms with E-state index in [9.17, 15) is 4.79 Å². The van der Waals surface area contributed by atoms with Gasteiger partial charge in [-0.25, -0.2) is 4.79 Å². The van der Waals surface area contributed by atoms with Gasteiger partial charge in [0.05, 0.1) is 12.0 Å². The fourth-order valence-electron chi connectivity index (χ4n) is 1.35. The van der Waals surface area contributed by atoms with E-state index in [0.29, 0.717) is 18.2 Å². The number of carbonyl (C=O) groups is 1. The molecule has 1 aromatic heterocycles. The summed E-state index contributed by atoms with van der Waals surface area (Å²) in [7, 11) is 0. The van der Waals surface area contributed by atoms with Gasteiger partial charge in [-0.1, -0.05) is 12.1 Å². The number of rotatable bonds is 3. The van der Waals surface area contributed by atoms with Gasteiger partial charge in [0.15, 0.2) is 0 Å². The van der Waals surface area contributed by atoms with Gasteiger partial charge in [0.25, 0.3) is 0 Å². The molecule has 0 aliphatic rings. The number of benzene rings is 1. The van der Waals surface area contributed by atoms with Crippen molar-refractivity contribution in [3.8, 4) is 0 Å². The van der Waals surface area contributed by atoms with E-state index in [1.54, 1.807) is 31.2 Å². The zero-order valence-electron chi connectivity index (χ0n) is 8.67. The van der Waals surface area contributed by atoms with Crippen molar-refractivity contribution in [2.45, 2.75) is 13.3 Å². The predicted octanol–water partition coefficient (Wildman–Crippen LogP) is 1.67. The summed E-state index contributed by atoms with van der Waals surface area (Å²) >= 11 is 0. The summed E-state index contributed by atoms with van der Waals surface area (Å²) < 4.78 is 5.23. The van der Waals surface area contributed by atoms with Crippen LogP contribution in [0.4, 0.5) is 0 Å². The first-order chi connectivity index (χ1) is 7.65. The van der Waals surface area contributed by atoms with Crippen molar-refractivity contribution in [1.29, 1.82) is 0 Å². The summed E-state index contributed by atoms with van der Waals surface area (Å²) in [5.74, 6) is 0.123. The smallest absolute Gasteiger partial charge is 0.335 e. The normalized spacial score (nSPS) is 10.3. The van der Waals surface area contributed by atoms with Gasteiger partial charge in [0.2, 0.25) is 11.8 Å². The van der Waals surface area contributed by atoms with Crippen molar-refractivity contribution in [3.05, 3.63) is 47.2 Å². The molecular weight excluding hydrogens is 208 g/mol. The van der Waals surface area contributed by atoms with Crippen molar-refractivity contribution < 1.29 is 14.3 Å². The first-order valence-electron chi connectivity index (χ1n) is 4.76. The van der Waals surface area contributed by atoms with Gasteiger partial charge in [-0.15, -0.1) is 10.2 Å². The average molecular weight is 218 g/mol. The summed E-state index contributed by atoms with van der Waals surface area (Å²) in [4.78, 5) is 10.6. The molecule has 0 bridgehead atoms. The van der Waals surface area contributed by atoms with Crippen molar-refractivity contribution >= 4 is 5.97 Å². The van der Waals surface area contributed by atoms with Crippen LogP contribution in [0.25, 0.3) is 0 Å². The lowest BCUT2D eigenvalue weighted by atomic mass is 10.1. The minimum Gasteiger partial charge on any atom is -0.478 e. The predicted molar refractivity (Wildman–Crippen MR) is 55.2 cm³/mol. The molecule has 0 fully saturated rings. The van der Waals surface area contributed by atoms with E-state index in [1.807, 2.05) is 0 Å². The molecule has 0 radical (unpaired) electrons. The lowest BCUT2D eigenvalue weighted by molar-refractivity contribution is 0.0697. The summed E-state index contributed by atoms with van der Waals surface area (Å²) in [6, 6.07) is 6.59. The first kappa shape index (κ1) is 10.4. The van der Waals surface area contributed by atoms with Gasteiger partial charge >= 0.3 is 5.97 Å². The van der Waals surface area contributed by atoms with E-state index in [1.165, 1.54) is 0 Å². The SMILES string of the molecule is Cc1nnc(Cc2ccc(C(=O)O)cc2)o1. The Bertz CT molecular complexity index is 502. The van der Waals surface area contributed by atoms with Gasteiger partial charge in [-0.3, -0.25) is 0 Å². The van der Waals surface area contributed by atoms with Crippen molar-refractivity contribution in [3.63, 3.8) is 0 Å². The molecule has 1 N–H and O–H groups in total. The molecule has 82 valence electrons. The lowest BCUT2D eigenvalue weighted by Crippen LogP contribution is -1.96. The summed E-state index contributed by atoms with van der Waals surface area (Å²) in [5.41, 5.74) is 1.21. The maximum absolute atomic E-state index is 10.6. The molecular formula is C11H10N2O3. The lowest BCUT2D eigenvalue weighted by Gasteiger charge is -1.98. The first-order valence-corrected chi connectivity index (χ1v) is 4.76. The van der Waals surface area contributed by atoms with Crippen LogP contribution in [0.15, 0.2) is 28.7 Å². The van der Waals surface area contributed by atoms with Crippen molar-refractivity contribution in [2.24, 2.45) is 0 Å². The number of hydrogen-bond donors (Lipinski definition) is 1. The van der Waals surface area contributed by atoms with E-state index in [4.69, 9.17) is 9.52 Å². The van der Waals surface area contributed by atoms with Crippen LogP contribution in [-0.4, -0.2) is 21.3 Å². The highest BCUT2D eigenvalue weighted by molar-refractivity contribution is 5.87. The third-order valence-corrected chi connectivity index (χ3v) is 2.12. The van der Waals surface area contributed by atoms with Gasteiger partial charge in [-0.05, 0) is 17.7 Å². The molecule has 5 nitrogen and oxygen atoms in total. The fourth-order valence-corrected chi connectivity index (χ4v) is 1.35. The largest absolute Gasteiger partial charge is 0.478 e. The zero-order chi connectivity index (χ0) is 11.5. The van der Waals surface area contributed by atoms with Gasteiger partial charge in [-0.2, -0.15) is 0 Å². The second-order valence-electron chi connectivity index (χ2n) is 3.39. The van der Waals surface area contributed by atoms with Crippen LogP contribution < -0.4 is 0 Å². The number of aromatic nitrogens is 2. The zero-order valence-corrected chi connectivity index (χ0v) is 8.67. The Balaban J connectivity index is 2.14. The highest BCUT2D eigenvalue weighted by Crippen LogP contribution is 2.09. The van der Waals surface area contributed by atoms with E-state index in [0.717, 1.165) is 5.56 Å². The maximum Gasteiger partial charge on any atom is 0.335 e. The molecule has 0 saturated carbocycles. The number of carboxylic acids is 1. The van der Waals surface area contributed by atoms with Crippen LogP contribution in [0.3, 0.4) is 0 Å². The van der Waals surface area contributed by atoms with Gasteiger partial charge in [0, 0.05) is 6.92 Å². The van der Waals surface area contributed by atoms with Crippen LogP contribution in [0, 0.1) is 6.92 Å². The van der Waals surface area contributed by atoms with Crippen LogP contribution >= 0.6 is 0 Å². The quantitative estimate of drug-likeness (QED) is 0.847. The minimum absolute atomic E-state index is 0.269. The minimum atomic E-state index is -0.930. The Hall–Kier alpha value is -2.17. The Kier molecular flexibility index (Phi) is 2.68. The highest BCUT2D eigenvalue weighted by Gasteiger charge is 2.05. The molecule has 2 rings (SSSR count). The number of aromatic carboxylic acids is 1. The van der Waals surface area contributed by atoms with E-state index < -0.39 is 5.97 Å². The summed E-state index contributed by atoms with van der Waals surface area (Å²) in [5, 5.41) is 16.3. The standard InChI is InChI=1S/C11H10N2O3/c1-7-12-13-10(16-7)6-8-2-4-9(5-3-8)11(14)15/h2-5H,6H2,1H3,(H,14,15). The molecule has 0 aliphatic heterocycles. The van der Waals surface area contributed by atoms with Crippen molar-refractivity contribution in [1.82, 2.24) is 10.2 Å². The number of aryl methyl sites for hydroxylation is 1. The Labute approximate surface area is 91.7 Å². The third kappa shape index (κ3) is 2.25. The second kappa shape index (κ2) is 4.14. The monoisotopic (exact) mass is 218 g/mol. The molecule has 0 amide bonds. The topological polar surface area (TPSA) is 76.2 Å². The van der Waals surface area contributed by atoms with Gasteiger partial charge < -0.3 is 9.52 Å². The molecule has 1 aromatic carbocycles. The molecule has 1 heterocycles.